The Hall–Kier alpha value is -1.51. The number of ether oxygens (including phenoxy) is 1. The first-order valence-electron chi connectivity index (χ1n) is 6.10. The summed E-state index contributed by atoms with van der Waals surface area (Å²) in [5.74, 6) is 0.790. The lowest BCUT2D eigenvalue weighted by atomic mass is 10.1. The Morgan fingerprint density at radius 2 is 2.18 bits per heavy atom. The number of carbonyl (C=O) groups is 1. The number of allylic oxidation sites excluding steroid dienone is 1. The van der Waals surface area contributed by atoms with E-state index >= 15 is 0 Å². The average molecular weight is 236 g/mol. The first-order valence-corrected chi connectivity index (χ1v) is 6.10. The molecule has 1 aromatic heterocycles. The monoisotopic (exact) mass is 236 g/mol. The van der Waals surface area contributed by atoms with Crippen molar-refractivity contribution in [3.05, 3.63) is 30.2 Å². The molecule has 0 aliphatic rings. The summed E-state index contributed by atoms with van der Waals surface area (Å²) in [5.41, 5.74) is 0. The van der Waals surface area contributed by atoms with Gasteiger partial charge in [-0.2, -0.15) is 0 Å². The molecule has 0 fully saturated rings. The van der Waals surface area contributed by atoms with Gasteiger partial charge in [-0.15, -0.1) is 0 Å². The molecule has 17 heavy (non-hydrogen) atoms. The lowest BCUT2D eigenvalue weighted by Crippen LogP contribution is -1.98. The van der Waals surface area contributed by atoms with Gasteiger partial charge >= 0.3 is 5.97 Å². The van der Waals surface area contributed by atoms with E-state index in [0.29, 0.717) is 6.42 Å². The van der Waals surface area contributed by atoms with Crippen molar-refractivity contribution in [3.8, 4) is 0 Å². The Balaban J connectivity index is 1.93. The SMILES string of the molecule is COC(=O)CCCCCC/C=C/c1ccco1. The molecule has 0 aliphatic carbocycles. The van der Waals surface area contributed by atoms with Crippen LogP contribution in [0, 0.1) is 0 Å². The third kappa shape index (κ3) is 6.61. The number of rotatable bonds is 8. The van der Waals surface area contributed by atoms with Gasteiger partial charge in [0, 0.05) is 6.42 Å². The second-order valence-electron chi connectivity index (χ2n) is 3.95. The maximum atomic E-state index is 10.8. The van der Waals surface area contributed by atoms with E-state index in [1.165, 1.54) is 7.11 Å². The largest absolute Gasteiger partial charge is 0.469 e. The molecule has 0 spiro atoms. The van der Waals surface area contributed by atoms with Crippen molar-refractivity contribution < 1.29 is 13.9 Å². The molecule has 0 unspecified atom stereocenters. The highest BCUT2D eigenvalue weighted by molar-refractivity contribution is 5.68. The Morgan fingerprint density at radius 3 is 2.88 bits per heavy atom. The van der Waals surface area contributed by atoms with E-state index in [2.05, 4.69) is 10.8 Å². The molecule has 0 bridgehead atoms. The van der Waals surface area contributed by atoms with Gasteiger partial charge in [-0.05, 0) is 37.5 Å². The molecule has 94 valence electrons. The maximum absolute atomic E-state index is 10.8. The topological polar surface area (TPSA) is 39.4 Å². The first kappa shape index (κ1) is 13.6. The molecule has 3 nitrogen and oxygen atoms in total. The number of hydrogen-bond donors (Lipinski definition) is 0. The van der Waals surface area contributed by atoms with Crippen LogP contribution in [0.25, 0.3) is 6.08 Å². The summed E-state index contributed by atoms with van der Waals surface area (Å²) >= 11 is 0. The number of furan rings is 1. The molecule has 1 rings (SSSR count). The Kier molecular flexibility index (Phi) is 6.87. The summed E-state index contributed by atoms with van der Waals surface area (Å²) in [4.78, 5) is 10.8. The molecule has 0 N–H and O–H groups in total. The summed E-state index contributed by atoms with van der Waals surface area (Å²) in [6.45, 7) is 0. The number of hydrogen-bond acceptors (Lipinski definition) is 3. The van der Waals surface area contributed by atoms with Gasteiger partial charge in [-0.1, -0.05) is 18.9 Å². The standard InChI is InChI=1S/C14H20O3/c1-16-14(15)11-7-5-3-2-4-6-9-13-10-8-12-17-13/h6,8-10,12H,2-5,7,11H2,1H3/b9-6+. The molecule has 0 saturated carbocycles. The summed E-state index contributed by atoms with van der Waals surface area (Å²) in [5, 5.41) is 0. The van der Waals surface area contributed by atoms with Gasteiger partial charge in [-0.25, -0.2) is 0 Å². The van der Waals surface area contributed by atoms with E-state index in [4.69, 9.17) is 4.42 Å². The fraction of sp³-hybridized carbons (Fsp3) is 0.500. The second-order valence-corrected chi connectivity index (χ2v) is 3.95. The fourth-order valence-corrected chi connectivity index (χ4v) is 1.57. The van der Waals surface area contributed by atoms with Crippen molar-refractivity contribution >= 4 is 12.0 Å². The van der Waals surface area contributed by atoms with Gasteiger partial charge < -0.3 is 9.15 Å². The minimum absolute atomic E-state index is 0.109. The first-order chi connectivity index (χ1) is 8.33. The van der Waals surface area contributed by atoms with Crippen LogP contribution in [-0.2, 0) is 9.53 Å². The second kappa shape index (κ2) is 8.62. The molecule has 0 aromatic carbocycles. The third-order valence-electron chi connectivity index (χ3n) is 2.55. The van der Waals surface area contributed by atoms with E-state index in [1.807, 2.05) is 18.2 Å². The Bertz CT molecular complexity index is 325. The van der Waals surface area contributed by atoms with Crippen LogP contribution in [0.3, 0.4) is 0 Å². The zero-order chi connectivity index (χ0) is 12.3. The predicted molar refractivity (Wildman–Crippen MR) is 67.5 cm³/mol. The molecule has 0 atom stereocenters. The Labute approximate surface area is 102 Å². The molecular formula is C14H20O3. The molecule has 0 aliphatic heterocycles. The Morgan fingerprint density at radius 1 is 1.35 bits per heavy atom. The molecule has 0 saturated heterocycles. The lowest BCUT2D eigenvalue weighted by Gasteiger charge is -1.99. The summed E-state index contributed by atoms with van der Waals surface area (Å²) in [6, 6.07) is 3.82. The minimum atomic E-state index is -0.109. The number of carbonyl (C=O) groups excluding carboxylic acids is 1. The van der Waals surface area contributed by atoms with Crippen LogP contribution in [0.15, 0.2) is 28.9 Å². The molecule has 0 amide bonds. The minimum Gasteiger partial charge on any atom is -0.469 e. The molecule has 3 heteroatoms. The van der Waals surface area contributed by atoms with Crippen LogP contribution in [0.4, 0.5) is 0 Å². The third-order valence-corrected chi connectivity index (χ3v) is 2.55. The molecule has 0 radical (unpaired) electrons. The lowest BCUT2D eigenvalue weighted by molar-refractivity contribution is -0.140. The van der Waals surface area contributed by atoms with Crippen LogP contribution in [0.5, 0.6) is 0 Å². The molecule has 1 aromatic rings. The zero-order valence-corrected chi connectivity index (χ0v) is 10.4. The summed E-state index contributed by atoms with van der Waals surface area (Å²) in [7, 11) is 1.43. The van der Waals surface area contributed by atoms with E-state index in [0.717, 1.165) is 37.9 Å². The fourth-order valence-electron chi connectivity index (χ4n) is 1.57. The summed E-state index contributed by atoms with van der Waals surface area (Å²) in [6.07, 6.45) is 11.7. The van der Waals surface area contributed by atoms with Gasteiger partial charge in [0.2, 0.25) is 0 Å². The van der Waals surface area contributed by atoms with Gasteiger partial charge in [0.1, 0.15) is 5.76 Å². The van der Waals surface area contributed by atoms with Crippen molar-refractivity contribution in [1.29, 1.82) is 0 Å². The summed E-state index contributed by atoms with van der Waals surface area (Å²) < 4.78 is 9.76. The molecular weight excluding hydrogens is 216 g/mol. The van der Waals surface area contributed by atoms with Crippen molar-refractivity contribution in [1.82, 2.24) is 0 Å². The van der Waals surface area contributed by atoms with Crippen LogP contribution in [0.1, 0.15) is 44.3 Å². The predicted octanol–water partition coefficient (Wildman–Crippen LogP) is 3.81. The van der Waals surface area contributed by atoms with Gasteiger partial charge in [-0.3, -0.25) is 4.79 Å². The van der Waals surface area contributed by atoms with E-state index < -0.39 is 0 Å². The van der Waals surface area contributed by atoms with Crippen molar-refractivity contribution in [3.63, 3.8) is 0 Å². The number of methoxy groups -OCH3 is 1. The zero-order valence-electron chi connectivity index (χ0n) is 10.4. The van der Waals surface area contributed by atoms with Crippen LogP contribution in [0.2, 0.25) is 0 Å². The van der Waals surface area contributed by atoms with Crippen LogP contribution in [-0.4, -0.2) is 13.1 Å². The number of esters is 1. The molecule has 1 heterocycles. The highest BCUT2D eigenvalue weighted by atomic mass is 16.5. The van der Waals surface area contributed by atoms with Crippen molar-refractivity contribution in [2.24, 2.45) is 0 Å². The van der Waals surface area contributed by atoms with Gasteiger partial charge in [0.05, 0.1) is 13.4 Å². The smallest absolute Gasteiger partial charge is 0.305 e. The highest BCUT2D eigenvalue weighted by Gasteiger charge is 1.98. The van der Waals surface area contributed by atoms with E-state index in [-0.39, 0.29) is 5.97 Å². The maximum Gasteiger partial charge on any atom is 0.305 e. The van der Waals surface area contributed by atoms with Crippen molar-refractivity contribution in [2.75, 3.05) is 7.11 Å². The normalized spacial score (nSPS) is 10.9. The number of unbranched alkanes of at least 4 members (excludes halogenated alkanes) is 4. The highest BCUT2D eigenvalue weighted by Crippen LogP contribution is 2.08. The van der Waals surface area contributed by atoms with Gasteiger partial charge in [0.15, 0.2) is 0 Å². The van der Waals surface area contributed by atoms with Crippen molar-refractivity contribution in [2.45, 2.75) is 38.5 Å². The average Bonchev–Trinajstić information content (AvgIpc) is 2.85. The van der Waals surface area contributed by atoms with E-state index in [9.17, 15) is 4.79 Å². The van der Waals surface area contributed by atoms with E-state index in [1.54, 1.807) is 6.26 Å². The quantitative estimate of drug-likeness (QED) is 0.509. The van der Waals surface area contributed by atoms with Crippen LogP contribution < -0.4 is 0 Å². The van der Waals surface area contributed by atoms with Gasteiger partial charge in [0.25, 0.3) is 0 Å². The van der Waals surface area contributed by atoms with Crippen LogP contribution >= 0.6 is 0 Å².